The number of halogens is 1. The molecule has 0 spiro atoms. The summed E-state index contributed by atoms with van der Waals surface area (Å²) < 4.78 is 4.63. The number of benzene rings is 2. The number of esters is 1. The van der Waals surface area contributed by atoms with Crippen molar-refractivity contribution in [2.75, 3.05) is 12.4 Å². The van der Waals surface area contributed by atoms with Crippen LogP contribution in [0.15, 0.2) is 48.5 Å². The molecule has 0 radical (unpaired) electrons. The maximum atomic E-state index is 12.0. The summed E-state index contributed by atoms with van der Waals surface area (Å²) >= 11 is 5.99. The first-order chi connectivity index (χ1) is 11.5. The molecule has 0 bridgehead atoms. The van der Waals surface area contributed by atoms with E-state index in [4.69, 9.17) is 11.6 Å². The molecule has 124 valence electrons. The number of hydrogen-bond acceptors (Lipinski definition) is 4. The predicted molar refractivity (Wildman–Crippen MR) is 89.7 cm³/mol. The molecule has 0 aliphatic heterocycles. The second kappa shape index (κ2) is 8.12. The molecule has 0 heterocycles. The van der Waals surface area contributed by atoms with E-state index < -0.39 is 17.8 Å². The first kappa shape index (κ1) is 17.5. The van der Waals surface area contributed by atoms with Crippen LogP contribution in [0.1, 0.15) is 15.9 Å². The van der Waals surface area contributed by atoms with Gasteiger partial charge in [-0.1, -0.05) is 41.9 Å². The van der Waals surface area contributed by atoms with E-state index in [1.165, 1.54) is 19.2 Å². The minimum absolute atomic E-state index is 0.116. The summed E-state index contributed by atoms with van der Waals surface area (Å²) in [6.07, 6.45) is 0. The number of hydrogen-bond donors (Lipinski definition) is 2. The normalized spacial score (nSPS) is 9.92. The second-order valence-corrected chi connectivity index (χ2v) is 5.17. The van der Waals surface area contributed by atoms with Crippen LogP contribution in [0.25, 0.3) is 0 Å². The van der Waals surface area contributed by atoms with Crippen molar-refractivity contribution < 1.29 is 19.1 Å². The van der Waals surface area contributed by atoms with Crippen LogP contribution in [0.3, 0.4) is 0 Å². The average Bonchev–Trinajstić information content (AvgIpc) is 2.60. The highest BCUT2D eigenvalue weighted by atomic mass is 35.5. The van der Waals surface area contributed by atoms with Gasteiger partial charge in [0.15, 0.2) is 0 Å². The predicted octanol–water partition coefficient (Wildman–Crippen LogP) is 2.38. The van der Waals surface area contributed by atoms with Crippen LogP contribution >= 0.6 is 11.6 Å². The molecule has 2 aromatic carbocycles. The van der Waals surface area contributed by atoms with Gasteiger partial charge in [0.1, 0.15) is 0 Å². The summed E-state index contributed by atoms with van der Waals surface area (Å²) in [6, 6.07) is 13.2. The maximum absolute atomic E-state index is 12.0. The lowest BCUT2D eigenvalue weighted by atomic mass is 10.2. The van der Waals surface area contributed by atoms with E-state index in [-0.39, 0.29) is 17.8 Å². The molecule has 0 aliphatic carbocycles. The zero-order valence-electron chi connectivity index (χ0n) is 12.8. The Hall–Kier alpha value is -2.86. The molecule has 0 aromatic heterocycles. The lowest BCUT2D eigenvalue weighted by Crippen LogP contribution is -2.35. The lowest BCUT2D eigenvalue weighted by molar-refractivity contribution is -0.136. The molecule has 2 N–H and O–H groups in total. The van der Waals surface area contributed by atoms with Gasteiger partial charge in [0.25, 0.3) is 0 Å². The molecule has 7 heteroatoms. The van der Waals surface area contributed by atoms with E-state index in [0.29, 0.717) is 10.6 Å². The van der Waals surface area contributed by atoms with Gasteiger partial charge >= 0.3 is 17.8 Å². The van der Waals surface area contributed by atoms with Gasteiger partial charge in [-0.3, -0.25) is 9.59 Å². The Labute approximate surface area is 143 Å². The quantitative estimate of drug-likeness (QED) is 0.657. The minimum atomic E-state index is -0.890. The number of methoxy groups -OCH3 is 1. The number of nitrogens with one attached hydrogen (secondary N) is 2. The lowest BCUT2D eigenvalue weighted by Gasteiger charge is -2.10. The Morgan fingerprint density at radius 2 is 1.67 bits per heavy atom. The molecule has 6 nitrogen and oxygen atoms in total. The summed E-state index contributed by atoms with van der Waals surface area (Å²) in [5.74, 6) is -2.34. The largest absolute Gasteiger partial charge is 0.465 e. The first-order valence-corrected chi connectivity index (χ1v) is 7.40. The second-order valence-electron chi connectivity index (χ2n) is 4.77. The summed E-state index contributed by atoms with van der Waals surface area (Å²) in [4.78, 5) is 35.5. The monoisotopic (exact) mass is 346 g/mol. The van der Waals surface area contributed by atoms with Gasteiger partial charge in [-0.05, 0) is 23.8 Å². The van der Waals surface area contributed by atoms with Gasteiger partial charge in [-0.2, -0.15) is 0 Å². The highest BCUT2D eigenvalue weighted by Gasteiger charge is 2.18. The molecule has 0 atom stereocenters. The summed E-state index contributed by atoms with van der Waals surface area (Å²) in [5.41, 5.74) is 1.05. The SMILES string of the molecule is COC(=O)c1ccccc1NC(=O)C(=O)NCc1ccccc1Cl. The van der Waals surface area contributed by atoms with Crippen LogP contribution in [0, 0.1) is 0 Å². The summed E-state index contributed by atoms with van der Waals surface area (Å²) in [6.45, 7) is 0.116. The number of anilines is 1. The van der Waals surface area contributed by atoms with E-state index in [9.17, 15) is 14.4 Å². The van der Waals surface area contributed by atoms with Gasteiger partial charge in [-0.25, -0.2) is 4.79 Å². The van der Waals surface area contributed by atoms with E-state index in [1.807, 2.05) is 0 Å². The molecule has 0 fully saturated rings. The van der Waals surface area contributed by atoms with Crippen LogP contribution in [0.2, 0.25) is 5.02 Å². The van der Waals surface area contributed by atoms with Crippen molar-refractivity contribution in [3.05, 3.63) is 64.7 Å². The Kier molecular flexibility index (Phi) is 5.92. The molecule has 2 aromatic rings. The fraction of sp³-hybridized carbons (Fsp3) is 0.118. The summed E-state index contributed by atoms with van der Waals surface area (Å²) in [5, 5.41) is 5.36. The Bertz CT molecular complexity index is 777. The summed E-state index contributed by atoms with van der Waals surface area (Å²) in [7, 11) is 1.23. The third-order valence-electron chi connectivity index (χ3n) is 3.18. The van der Waals surface area contributed by atoms with Crippen LogP contribution in [0.5, 0.6) is 0 Å². The zero-order valence-corrected chi connectivity index (χ0v) is 13.6. The van der Waals surface area contributed by atoms with Crippen LogP contribution in [-0.4, -0.2) is 24.9 Å². The van der Waals surface area contributed by atoms with E-state index >= 15 is 0 Å². The van der Waals surface area contributed by atoms with Crippen molar-refractivity contribution in [2.24, 2.45) is 0 Å². The molecular formula is C17H15ClN2O4. The van der Waals surface area contributed by atoms with E-state index in [0.717, 1.165) is 0 Å². The van der Waals surface area contributed by atoms with Crippen LogP contribution in [0.4, 0.5) is 5.69 Å². The fourth-order valence-electron chi connectivity index (χ4n) is 1.96. The van der Waals surface area contributed by atoms with Crippen molar-refractivity contribution in [1.82, 2.24) is 5.32 Å². The fourth-order valence-corrected chi connectivity index (χ4v) is 2.16. The van der Waals surface area contributed by atoms with Gasteiger partial charge in [-0.15, -0.1) is 0 Å². The van der Waals surface area contributed by atoms with Crippen molar-refractivity contribution in [1.29, 1.82) is 0 Å². The molecule has 2 amide bonds. The topological polar surface area (TPSA) is 84.5 Å². The van der Waals surface area contributed by atoms with Gasteiger partial charge in [0.05, 0.1) is 18.4 Å². The minimum Gasteiger partial charge on any atom is -0.465 e. The Morgan fingerprint density at radius 3 is 2.38 bits per heavy atom. The number of carbonyl (C=O) groups is 3. The standard InChI is InChI=1S/C17H15ClN2O4/c1-24-17(23)12-7-3-5-9-14(12)20-16(22)15(21)19-10-11-6-2-4-8-13(11)18/h2-9H,10H2,1H3,(H,19,21)(H,20,22). The Morgan fingerprint density at radius 1 is 1.00 bits per heavy atom. The molecule has 0 saturated heterocycles. The smallest absolute Gasteiger partial charge is 0.339 e. The van der Waals surface area contributed by atoms with Gasteiger partial charge in [0.2, 0.25) is 0 Å². The van der Waals surface area contributed by atoms with Crippen molar-refractivity contribution >= 4 is 35.1 Å². The van der Waals surface area contributed by atoms with Crippen molar-refractivity contribution in [3.63, 3.8) is 0 Å². The zero-order chi connectivity index (χ0) is 17.5. The highest BCUT2D eigenvalue weighted by molar-refractivity contribution is 6.40. The van der Waals surface area contributed by atoms with Crippen molar-refractivity contribution in [3.8, 4) is 0 Å². The average molecular weight is 347 g/mol. The van der Waals surface area contributed by atoms with E-state index in [1.54, 1.807) is 36.4 Å². The van der Waals surface area contributed by atoms with E-state index in [2.05, 4.69) is 15.4 Å². The van der Waals surface area contributed by atoms with Gasteiger partial charge < -0.3 is 15.4 Å². The molecule has 0 aliphatic rings. The van der Waals surface area contributed by atoms with Crippen LogP contribution < -0.4 is 10.6 Å². The molecule has 0 saturated carbocycles. The number of ether oxygens (including phenoxy) is 1. The third-order valence-corrected chi connectivity index (χ3v) is 3.55. The van der Waals surface area contributed by atoms with Crippen molar-refractivity contribution in [2.45, 2.75) is 6.54 Å². The molecule has 2 rings (SSSR count). The highest BCUT2D eigenvalue weighted by Crippen LogP contribution is 2.16. The number of carbonyl (C=O) groups excluding carboxylic acids is 3. The first-order valence-electron chi connectivity index (χ1n) is 7.03. The molecule has 0 unspecified atom stereocenters. The molecular weight excluding hydrogens is 332 g/mol. The number of rotatable bonds is 4. The number of amides is 2. The Balaban J connectivity index is 2.01. The van der Waals surface area contributed by atoms with Gasteiger partial charge in [0, 0.05) is 11.6 Å². The molecule has 24 heavy (non-hydrogen) atoms. The maximum Gasteiger partial charge on any atom is 0.339 e. The van der Waals surface area contributed by atoms with Crippen LogP contribution in [-0.2, 0) is 20.9 Å². The number of para-hydroxylation sites is 1. The third kappa shape index (κ3) is 4.33.